The van der Waals surface area contributed by atoms with Crippen LogP contribution in [0.5, 0.6) is 0 Å². The maximum Gasteiger partial charge on any atom is 0.223 e. The predicted molar refractivity (Wildman–Crippen MR) is 126 cm³/mol. The number of aromatic nitrogens is 1. The first-order valence-corrected chi connectivity index (χ1v) is 11.7. The van der Waals surface area contributed by atoms with Crippen molar-refractivity contribution in [2.24, 2.45) is 0 Å². The molecule has 0 bridgehead atoms. The fourth-order valence-corrected chi connectivity index (χ4v) is 4.45. The van der Waals surface area contributed by atoms with Gasteiger partial charge in [0.15, 0.2) is 0 Å². The topological polar surface area (TPSA) is 60.2 Å². The largest absolute Gasteiger partial charge is 0.352 e. The van der Waals surface area contributed by atoms with E-state index < -0.39 is 0 Å². The molecule has 1 amide bonds. The van der Waals surface area contributed by atoms with E-state index in [1.807, 2.05) is 17.9 Å². The first kappa shape index (κ1) is 24.7. The smallest absolute Gasteiger partial charge is 0.223 e. The Morgan fingerprint density at radius 3 is 2.42 bits per heavy atom. The summed E-state index contributed by atoms with van der Waals surface area (Å²) < 4.78 is 13.1. The molecule has 0 aliphatic carbocycles. The van der Waals surface area contributed by atoms with Gasteiger partial charge < -0.3 is 9.80 Å². The third-order valence-electron chi connectivity index (χ3n) is 5.29. The molecule has 0 saturated heterocycles. The number of halogens is 1. The number of pyridine rings is 1. The Balaban J connectivity index is 1.88. The molecule has 1 aromatic heterocycles. The highest BCUT2D eigenvalue weighted by Gasteiger charge is 2.20. The standard InChI is InChI=1S/C24H31FN4OS/c1-5-28(17-18(3)29(6-2)23-12-7-20(15-26)16-27-23)24(30)13-14-31-19(4)21-8-10-22(25)11-9-21/h7-12,16,18-19H,5-6,13-14,17H2,1-4H3. The second-order valence-corrected chi connectivity index (χ2v) is 8.85. The fourth-order valence-electron chi connectivity index (χ4n) is 3.46. The van der Waals surface area contributed by atoms with Crippen LogP contribution in [0.2, 0.25) is 0 Å². The van der Waals surface area contributed by atoms with E-state index in [-0.39, 0.29) is 23.0 Å². The van der Waals surface area contributed by atoms with Gasteiger partial charge in [0.25, 0.3) is 0 Å². The number of benzene rings is 1. The van der Waals surface area contributed by atoms with Crippen LogP contribution in [0.15, 0.2) is 42.6 Å². The van der Waals surface area contributed by atoms with Gasteiger partial charge in [-0.25, -0.2) is 9.37 Å². The summed E-state index contributed by atoms with van der Waals surface area (Å²) in [4.78, 5) is 21.2. The van der Waals surface area contributed by atoms with Crippen molar-refractivity contribution in [3.05, 3.63) is 59.5 Å². The SMILES string of the molecule is CCN(CC(C)N(CC)c1ccc(C#N)cn1)C(=O)CCSC(C)c1ccc(F)cc1. The van der Waals surface area contributed by atoms with E-state index in [2.05, 4.69) is 36.7 Å². The number of nitriles is 1. The van der Waals surface area contributed by atoms with Crippen LogP contribution < -0.4 is 4.90 Å². The highest BCUT2D eigenvalue weighted by molar-refractivity contribution is 7.99. The molecule has 7 heteroatoms. The molecule has 2 rings (SSSR count). The first-order valence-electron chi connectivity index (χ1n) is 10.7. The molecule has 0 aliphatic rings. The normalized spacial score (nSPS) is 12.6. The van der Waals surface area contributed by atoms with E-state index >= 15 is 0 Å². The lowest BCUT2D eigenvalue weighted by Crippen LogP contribution is -2.45. The number of nitrogens with zero attached hydrogens (tertiary/aromatic N) is 4. The average Bonchev–Trinajstić information content (AvgIpc) is 2.78. The van der Waals surface area contributed by atoms with Crippen molar-refractivity contribution in [3.8, 4) is 6.07 Å². The van der Waals surface area contributed by atoms with Gasteiger partial charge >= 0.3 is 0 Å². The number of anilines is 1. The van der Waals surface area contributed by atoms with Crippen LogP contribution >= 0.6 is 11.8 Å². The molecule has 166 valence electrons. The Hall–Kier alpha value is -2.59. The quantitative estimate of drug-likeness (QED) is 0.488. The van der Waals surface area contributed by atoms with Crippen LogP contribution in [0.25, 0.3) is 0 Å². The molecule has 0 N–H and O–H groups in total. The summed E-state index contributed by atoms with van der Waals surface area (Å²) in [7, 11) is 0. The minimum atomic E-state index is -0.235. The molecule has 2 aromatic rings. The number of carbonyl (C=O) groups excluding carboxylic acids is 1. The van der Waals surface area contributed by atoms with Crippen LogP contribution in [-0.4, -0.2) is 47.2 Å². The molecule has 0 aliphatic heterocycles. The minimum absolute atomic E-state index is 0.0973. The van der Waals surface area contributed by atoms with Gasteiger partial charge in [-0.3, -0.25) is 4.79 Å². The third kappa shape index (κ3) is 7.25. The summed E-state index contributed by atoms with van der Waals surface area (Å²) in [6.45, 7) is 10.2. The Morgan fingerprint density at radius 1 is 1.16 bits per heavy atom. The number of carbonyl (C=O) groups is 1. The summed E-state index contributed by atoms with van der Waals surface area (Å²) in [6, 6.07) is 12.3. The van der Waals surface area contributed by atoms with Gasteiger partial charge in [0.1, 0.15) is 17.7 Å². The predicted octanol–water partition coefficient (Wildman–Crippen LogP) is 5.04. The number of likely N-dealkylation sites (N-methyl/N-ethyl adjacent to an activating group) is 2. The van der Waals surface area contributed by atoms with Crippen molar-refractivity contribution >= 4 is 23.5 Å². The molecule has 5 nitrogen and oxygen atoms in total. The zero-order chi connectivity index (χ0) is 22.8. The molecule has 0 spiro atoms. The fraction of sp³-hybridized carbons (Fsp3) is 0.458. The Bertz CT molecular complexity index is 867. The van der Waals surface area contributed by atoms with Gasteiger partial charge in [-0.2, -0.15) is 17.0 Å². The van der Waals surface area contributed by atoms with Crippen molar-refractivity contribution in [3.63, 3.8) is 0 Å². The van der Waals surface area contributed by atoms with Crippen LogP contribution in [0, 0.1) is 17.1 Å². The average molecular weight is 443 g/mol. The van der Waals surface area contributed by atoms with Crippen molar-refractivity contribution in [2.45, 2.75) is 45.4 Å². The van der Waals surface area contributed by atoms with Gasteiger partial charge in [-0.15, -0.1) is 0 Å². The summed E-state index contributed by atoms with van der Waals surface area (Å²) in [5.41, 5.74) is 1.60. The van der Waals surface area contributed by atoms with Crippen molar-refractivity contribution < 1.29 is 9.18 Å². The number of amides is 1. The zero-order valence-electron chi connectivity index (χ0n) is 18.7. The van der Waals surface area contributed by atoms with E-state index in [4.69, 9.17) is 5.26 Å². The summed E-state index contributed by atoms with van der Waals surface area (Å²) >= 11 is 1.70. The zero-order valence-corrected chi connectivity index (χ0v) is 19.5. The molecule has 31 heavy (non-hydrogen) atoms. The second kappa shape index (κ2) is 12.3. The van der Waals surface area contributed by atoms with Gasteiger partial charge in [0.05, 0.1) is 5.56 Å². The highest BCUT2D eigenvalue weighted by Crippen LogP contribution is 2.28. The summed E-state index contributed by atoms with van der Waals surface area (Å²) in [5, 5.41) is 9.17. The number of thioether (sulfide) groups is 1. The van der Waals surface area contributed by atoms with Crippen molar-refractivity contribution in [2.75, 3.05) is 30.3 Å². The first-order chi connectivity index (χ1) is 14.9. The van der Waals surface area contributed by atoms with Crippen LogP contribution in [0.3, 0.4) is 0 Å². The maximum atomic E-state index is 13.1. The summed E-state index contributed by atoms with van der Waals surface area (Å²) in [6.07, 6.45) is 2.05. The van der Waals surface area contributed by atoms with Crippen LogP contribution in [0.4, 0.5) is 10.2 Å². The number of hydrogen-bond acceptors (Lipinski definition) is 5. The van der Waals surface area contributed by atoms with E-state index in [0.29, 0.717) is 25.1 Å². The molecular formula is C24H31FN4OS. The van der Waals surface area contributed by atoms with Crippen LogP contribution in [0.1, 0.15) is 50.5 Å². The molecule has 0 saturated carbocycles. The van der Waals surface area contributed by atoms with E-state index in [1.54, 1.807) is 36.2 Å². The maximum absolute atomic E-state index is 13.1. The van der Waals surface area contributed by atoms with E-state index in [1.165, 1.54) is 12.1 Å². The van der Waals surface area contributed by atoms with Gasteiger partial charge in [-0.1, -0.05) is 12.1 Å². The van der Waals surface area contributed by atoms with E-state index in [0.717, 1.165) is 23.7 Å². The summed E-state index contributed by atoms with van der Waals surface area (Å²) in [5.74, 6) is 1.43. The van der Waals surface area contributed by atoms with Crippen molar-refractivity contribution in [1.82, 2.24) is 9.88 Å². The lowest BCUT2D eigenvalue weighted by atomic mass is 10.2. The third-order valence-corrected chi connectivity index (χ3v) is 6.50. The highest BCUT2D eigenvalue weighted by atomic mass is 32.2. The van der Waals surface area contributed by atoms with E-state index in [9.17, 15) is 9.18 Å². The molecule has 1 heterocycles. The lowest BCUT2D eigenvalue weighted by molar-refractivity contribution is -0.130. The second-order valence-electron chi connectivity index (χ2n) is 7.40. The monoisotopic (exact) mass is 442 g/mol. The molecule has 1 aromatic carbocycles. The van der Waals surface area contributed by atoms with Crippen LogP contribution in [-0.2, 0) is 4.79 Å². The molecule has 0 radical (unpaired) electrons. The van der Waals surface area contributed by atoms with Gasteiger partial charge in [-0.05, 0) is 57.5 Å². The Kier molecular flexibility index (Phi) is 9.80. The molecule has 2 atom stereocenters. The number of hydrogen-bond donors (Lipinski definition) is 0. The van der Waals surface area contributed by atoms with Gasteiger partial charge in [0, 0.05) is 49.3 Å². The van der Waals surface area contributed by atoms with Gasteiger partial charge in [0.2, 0.25) is 5.91 Å². The minimum Gasteiger partial charge on any atom is -0.352 e. The number of rotatable bonds is 11. The molecule has 2 unspecified atom stereocenters. The lowest BCUT2D eigenvalue weighted by Gasteiger charge is -2.33. The molecular weight excluding hydrogens is 411 g/mol. The molecule has 0 fully saturated rings. The van der Waals surface area contributed by atoms with Crippen molar-refractivity contribution in [1.29, 1.82) is 5.26 Å². The Morgan fingerprint density at radius 2 is 1.87 bits per heavy atom. The Labute approximate surface area is 189 Å².